The maximum atomic E-state index is 10.2. The lowest BCUT2D eigenvalue weighted by molar-refractivity contribution is -0.931. The van der Waals surface area contributed by atoms with Gasteiger partial charge in [0.1, 0.15) is 25.0 Å². The molecular formula is C17H28NO2+. The molecular weight excluding hydrogens is 250 g/mol. The molecule has 1 aliphatic rings. The number of quaternary nitrogens is 1. The number of nitrogens with one attached hydrogen (secondary N) is 1. The van der Waals surface area contributed by atoms with Crippen LogP contribution in [0.2, 0.25) is 0 Å². The summed E-state index contributed by atoms with van der Waals surface area (Å²) < 4.78 is 5.72. The summed E-state index contributed by atoms with van der Waals surface area (Å²) in [4.78, 5) is 1.52. The minimum absolute atomic E-state index is 0.382. The zero-order valence-electron chi connectivity index (χ0n) is 13.0. The fourth-order valence-electron chi connectivity index (χ4n) is 2.91. The van der Waals surface area contributed by atoms with E-state index in [1.54, 1.807) is 0 Å². The Hall–Kier alpha value is -1.06. The summed E-state index contributed by atoms with van der Waals surface area (Å²) in [5.74, 6) is 0.855. The van der Waals surface area contributed by atoms with Crippen LogP contribution in [0.15, 0.2) is 18.2 Å². The first-order chi connectivity index (χ1) is 9.56. The molecule has 1 saturated heterocycles. The molecule has 0 aliphatic carbocycles. The van der Waals surface area contributed by atoms with Gasteiger partial charge in [-0.2, -0.15) is 0 Å². The van der Waals surface area contributed by atoms with Crippen LogP contribution in [0.3, 0.4) is 0 Å². The maximum absolute atomic E-state index is 10.2. The van der Waals surface area contributed by atoms with E-state index in [2.05, 4.69) is 26.8 Å². The van der Waals surface area contributed by atoms with Gasteiger partial charge in [0, 0.05) is 0 Å². The quantitative estimate of drug-likeness (QED) is 0.856. The Morgan fingerprint density at radius 3 is 2.80 bits per heavy atom. The lowest BCUT2D eigenvalue weighted by Gasteiger charge is -2.31. The average molecular weight is 278 g/mol. The minimum Gasteiger partial charge on any atom is -0.491 e. The van der Waals surface area contributed by atoms with Gasteiger partial charge in [-0.3, -0.25) is 0 Å². The van der Waals surface area contributed by atoms with Gasteiger partial charge in [-0.1, -0.05) is 6.07 Å². The Kier molecular flexibility index (Phi) is 5.44. The molecule has 3 atom stereocenters. The van der Waals surface area contributed by atoms with Gasteiger partial charge in [-0.25, -0.2) is 0 Å². The molecule has 1 unspecified atom stereocenters. The number of ether oxygens (including phenoxy) is 1. The first kappa shape index (κ1) is 15.3. The molecule has 0 radical (unpaired) electrons. The molecule has 0 bridgehead atoms. The molecule has 1 fully saturated rings. The zero-order valence-corrected chi connectivity index (χ0v) is 13.0. The first-order valence-electron chi connectivity index (χ1n) is 7.79. The van der Waals surface area contributed by atoms with Crippen molar-refractivity contribution >= 4 is 0 Å². The highest BCUT2D eigenvalue weighted by molar-refractivity contribution is 5.33. The first-order valence-corrected chi connectivity index (χ1v) is 7.79. The van der Waals surface area contributed by atoms with E-state index in [1.807, 2.05) is 12.1 Å². The van der Waals surface area contributed by atoms with Gasteiger partial charge in [0.05, 0.1) is 12.6 Å². The molecule has 1 aliphatic heterocycles. The van der Waals surface area contributed by atoms with Crippen LogP contribution in [0, 0.1) is 13.8 Å². The van der Waals surface area contributed by atoms with Crippen LogP contribution in [0.5, 0.6) is 5.75 Å². The SMILES string of the molecule is Cc1ccc(OC[C@@H](O)C[NH+]2CCCC[C@@H]2C)cc1C. The molecule has 3 heteroatoms. The van der Waals surface area contributed by atoms with Gasteiger partial charge in [0.15, 0.2) is 0 Å². The molecule has 2 N–H and O–H groups in total. The second-order valence-electron chi connectivity index (χ2n) is 6.22. The highest BCUT2D eigenvalue weighted by Gasteiger charge is 2.24. The number of piperidine rings is 1. The number of hydrogen-bond acceptors (Lipinski definition) is 2. The zero-order chi connectivity index (χ0) is 14.5. The highest BCUT2D eigenvalue weighted by Crippen LogP contribution is 2.16. The number of aliphatic hydroxyl groups is 1. The normalized spacial score (nSPS) is 24.4. The van der Waals surface area contributed by atoms with Crippen molar-refractivity contribution in [3.8, 4) is 5.75 Å². The van der Waals surface area contributed by atoms with Crippen molar-refractivity contribution in [2.24, 2.45) is 0 Å². The van der Waals surface area contributed by atoms with Crippen molar-refractivity contribution in [3.05, 3.63) is 29.3 Å². The van der Waals surface area contributed by atoms with Crippen LogP contribution >= 0.6 is 0 Å². The van der Waals surface area contributed by atoms with Crippen LogP contribution in [-0.4, -0.2) is 36.9 Å². The standard InChI is InChI=1S/C17H27NO2/c1-13-7-8-17(10-14(13)2)20-12-16(19)11-18-9-5-4-6-15(18)3/h7-8,10,15-16,19H,4-6,9,11-12H2,1-3H3/p+1/t15-,16-/m0/s1. The van der Waals surface area contributed by atoms with Gasteiger partial charge >= 0.3 is 0 Å². The van der Waals surface area contributed by atoms with Crippen LogP contribution in [-0.2, 0) is 0 Å². The number of benzene rings is 1. The fourth-order valence-corrected chi connectivity index (χ4v) is 2.91. The molecule has 0 amide bonds. The molecule has 3 nitrogen and oxygen atoms in total. The second-order valence-corrected chi connectivity index (χ2v) is 6.22. The van der Waals surface area contributed by atoms with Crippen molar-refractivity contribution in [1.82, 2.24) is 0 Å². The smallest absolute Gasteiger partial charge is 0.137 e. The second kappa shape index (κ2) is 7.09. The summed E-state index contributed by atoms with van der Waals surface area (Å²) in [5.41, 5.74) is 2.50. The van der Waals surface area contributed by atoms with Gasteiger partial charge in [0.25, 0.3) is 0 Å². The summed E-state index contributed by atoms with van der Waals surface area (Å²) in [6.07, 6.45) is 3.51. The van der Waals surface area contributed by atoms with Crippen molar-refractivity contribution < 1.29 is 14.7 Å². The largest absolute Gasteiger partial charge is 0.491 e. The van der Waals surface area contributed by atoms with E-state index >= 15 is 0 Å². The fraction of sp³-hybridized carbons (Fsp3) is 0.647. The molecule has 0 spiro atoms. The summed E-state index contributed by atoms with van der Waals surface area (Å²) in [6.45, 7) is 8.82. The van der Waals surface area contributed by atoms with E-state index in [-0.39, 0.29) is 6.10 Å². The topological polar surface area (TPSA) is 33.9 Å². The number of aliphatic hydroxyl groups excluding tert-OH is 1. The molecule has 0 aromatic heterocycles. The molecule has 2 rings (SSSR count). The third-order valence-electron chi connectivity index (χ3n) is 4.50. The minimum atomic E-state index is -0.382. The molecule has 1 aromatic rings. The summed E-state index contributed by atoms with van der Waals surface area (Å²) in [6, 6.07) is 6.75. The Labute approximate surface area is 122 Å². The van der Waals surface area contributed by atoms with Gasteiger partial charge in [-0.15, -0.1) is 0 Å². The van der Waals surface area contributed by atoms with Crippen molar-refractivity contribution in [3.63, 3.8) is 0 Å². The third-order valence-corrected chi connectivity index (χ3v) is 4.50. The summed E-state index contributed by atoms with van der Waals surface area (Å²) >= 11 is 0. The average Bonchev–Trinajstić information content (AvgIpc) is 2.43. The molecule has 1 heterocycles. The molecule has 1 aromatic carbocycles. The third kappa shape index (κ3) is 4.22. The van der Waals surface area contributed by atoms with Crippen LogP contribution < -0.4 is 9.64 Å². The summed E-state index contributed by atoms with van der Waals surface area (Å²) in [7, 11) is 0. The predicted octanol–water partition coefficient (Wildman–Crippen LogP) is 1.50. The van der Waals surface area contributed by atoms with Crippen LogP contribution in [0.1, 0.15) is 37.3 Å². The number of rotatable bonds is 5. The van der Waals surface area contributed by atoms with Crippen molar-refractivity contribution in [2.75, 3.05) is 19.7 Å². The molecule has 0 saturated carbocycles. The molecule has 112 valence electrons. The monoisotopic (exact) mass is 278 g/mol. The van der Waals surface area contributed by atoms with Gasteiger partial charge in [-0.05, 0) is 63.3 Å². The Morgan fingerprint density at radius 1 is 1.30 bits per heavy atom. The lowest BCUT2D eigenvalue weighted by atomic mass is 10.0. The van der Waals surface area contributed by atoms with Crippen LogP contribution in [0.25, 0.3) is 0 Å². The van der Waals surface area contributed by atoms with E-state index in [1.165, 1.54) is 41.8 Å². The Balaban J connectivity index is 1.79. The van der Waals surface area contributed by atoms with E-state index in [9.17, 15) is 5.11 Å². The van der Waals surface area contributed by atoms with E-state index in [4.69, 9.17) is 4.74 Å². The predicted molar refractivity (Wildman–Crippen MR) is 81.4 cm³/mol. The van der Waals surface area contributed by atoms with Gasteiger partial charge in [0.2, 0.25) is 0 Å². The lowest BCUT2D eigenvalue weighted by Crippen LogP contribution is -3.17. The van der Waals surface area contributed by atoms with E-state index in [0.717, 1.165) is 12.3 Å². The van der Waals surface area contributed by atoms with Crippen molar-refractivity contribution in [1.29, 1.82) is 0 Å². The van der Waals surface area contributed by atoms with Crippen molar-refractivity contribution in [2.45, 2.75) is 52.2 Å². The summed E-state index contributed by atoms with van der Waals surface area (Å²) in [5, 5.41) is 10.2. The van der Waals surface area contributed by atoms with Crippen LogP contribution in [0.4, 0.5) is 0 Å². The molecule has 20 heavy (non-hydrogen) atoms. The Morgan fingerprint density at radius 2 is 2.10 bits per heavy atom. The maximum Gasteiger partial charge on any atom is 0.137 e. The number of aryl methyl sites for hydroxylation is 2. The highest BCUT2D eigenvalue weighted by atomic mass is 16.5. The van der Waals surface area contributed by atoms with E-state index in [0.29, 0.717) is 12.6 Å². The van der Waals surface area contributed by atoms with Gasteiger partial charge < -0.3 is 14.7 Å². The number of hydrogen-bond donors (Lipinski definition) is 2. The number of likely N-dealkylation sites (tertiary alicyclic amines) is 1. The Bertz CT molecular complexity index is 433. The van der Waals surface area contributed by atoms with E-state index < -0.39 is 0 Å².